The highest BCUT2D eigenvalue weighted by Gasteiger charge is 2.34. The van der Waals surface area contributed by atoms with Gasteiger partial charge in [0.05, 0.1) is 4.88 Å². The number of benzene rings is 1. The van der Waals surface area contributed by atoms with Crippen molar-refractivity contribution in [3.05, 3.63) is 52.2 Å². The second-order valence-electron chi connectivity index (χ2n) is 6.79. The number of amides is 2. The number of fused-ring (bicyclic) bond motifs is 2. The van der Waals surface area contributed by atoms with Crippen molar-refractivity contribution in [3.8, 4) is 0 Å². The topological polar surface area (TPSA) is 70.2 Å². The van der Waals surface area contributed by atoms with Crippen LogP contribution in [0.25, 0.3) is 0 Å². The summed E-state index contributed by atoms with van der Waals surface area (Å²) in [6, 6.07) is 12.1. The normalized spacial score (nSPS) is 23.8. The summed E-state index contributed by atoms with van der Waals surface area (Å²) in [5.74, 6) is -0.221. The van der Waals surface area contributed by atoms with Gasteiger partial charge in [-0.05, 0) is 55.3 Å². The summed E-state index contributed by atoms with van der Waals surface area (Å²) in [5.41, 5.74) is 1.21. The standard InChI is InChI=1S/C19H21N3O2S.ClH/c23-18(22-16-10-14-6-7-15(11-16)20-14)12-3-1-4-13(9-12)21-19(24)17-5-2-8-25-17;/h1-5,8-9,14-16,20H,6-7,10-11H2,(H,21,24)(H,22,23);1H. The van der Waals surface area contributed by atoms with Gasteiger partial charge in [0.1, 0.15) is 0 Å². The van der Waals surface area contributed by atoms with Gasteiger partial charge in [-0.15, -0.1) is 23.7 Å². The number of rotatable bonds is 4. The zero-order valence-electron chi connectivity index (χ0n) is 14.2. The van der Waals surface area contributed by atoms with Crippen molar-refractivity contribution in [2.24, 2.45) is 0 Å². The van der Waals surface area contributed by atoms with Crippen molar-refractivity contribution in [3.63, 3.8) is 0 Å². The number of anilines is 1. The summed E-state index contributed by atoms with van der Waals surface area (Å²) in [4.78, 5) is 25.4. The Morgan fingerprint density at radius 2 is 1.81 bits per heavy atom. The predicted octanol–water partition coefficient (Wildman–Crippen LogP) is 3.44. The Balaban J connectivity index is 0.00000196. The summed E-state index contributed by atoms with van der Waals surface area (Å²) in [7, 11) is 0. The van der Waals surface area contributed by atoms with E-state index in [2.05, 4.69) is 16.0 Å². The minimum Gasteiger partial charge on any atom is -0.349 e. The fourth-order valence-electron chi connectivity index (χ4n) is 3.78. The number of carbonyl (C=O) groups excluding carboxylic acids is 2. The van der Waals surface area contributed by atoms with E-state index >= 15 is 0 Å². The molecule has 2 aliphatic rings. The zero-order valence-corrected chi connectivity index (χ0v) is 15.9. The fraction of sp³-hybridized carbons (Fsp3) is 0.368. The second-order valence-corrected chi connectivity index (χ2v) is 7.74. The number of thiophene rings is 1. The molecule has 1 aromatic heterocycles. The van der Waals surface area contributed by atoms with Crippen LogP contribution in [0.1, 0.15) is 45.7 Å². The van der Waals surface area contributed by atoms with Crippen LogP contribution in [0.2, 0.25) is 0 Å². The number of hydrogen-bond acceptors (Lipinski definition) is 4. The Labute approximate surface area is 163 Å². The van der Waals surface area contributed by atoms with E-state index in [-0.39, 0.29) is 30.3 Å². The Bertz CT molecular complexity index is 769. The maximum atomic E-state index is 12.6. The lowest BCUT2D eigenvalue weighted by Crippen LogP contribution is -2.48. The molecule has 138 valence electrons. The first-order chi connectivity index (χ1) is 12.2. The van der Waals surface area contributed by atoms with E-state index in [1.54, 1.807) is 30.3 Å². The molecule has 3 N–H and O–H groups in total. The maximum absolute atomic E-state index is 12.6. The molecule has 1 aromatic carbocycles. The van der Waals surface area contributed by atoms with Gasteiger partial charge in [0.15, 0.2) is 0 Å². The molecule has 2 amide bonds. The molecular weight excluding hydrogens is 370 g/mol. The third-order valence-electron chi connectivity index (χ3n) is 4.94. The van der Waals surface area contributed by atoms with Crippen molar-refractivity contribution in [2.75, 3.05) is 5.32 Å². The first-order valence-electron chi connectivity index (χ1n) is 8.69. The average molecular weight is 392 g/mol. The quantitative estimate of drug-likeness (QED) is 0.747. The van der Waals surface area contributed by atoms with E-state index in [1.807, 2.05) is 11.4 Å². The van der Waals surface area contributed by atoms with E-state index in [0.29, 0.717) is 28.2 Å². The van der Waals surface area contributed by atoms with Gasteiger partial charge in [-0.25, -0.2) is 0 Å². The third-order valence-corrected chi connectivity index (χ3v) is 5.80. The van der Waals surface area contributed by atoms with Crippen molar-refractivity contribution in [1.82, 2.24) is 10.6 Å². The maximum Gasteiger partial charge on any atom is 0.265 e. The molecule has 0 radical (unpaired) electrons. The largest absolute Gasteiger partial charge is 0.349 e. The first-order valence-corrected chi connectivity index (χ1v) is 9.57. The molecule has 0 aliphatic carbocycles. The summed E-state index contributed by atoms with van der Waals surface area (Å²) >= 11 is 1.39. The predicted molar refractivity (Wildman–Crippen MR) is 106 cm³/mol. The Hall–Kier alpha value is -1.89. The summed E-state index contributed by atoms with van der Waals surface area (Å²) in [6.45, 7) is 0. The molecule has 2 saturated heterocycles. The summed E-state index contributed by atoms with van der Waals surface area (Å²) < 4.78 is 0. The van der Waals surface area contributed by atoms with Crippen LogP contribution in [0.3, 0.4) is 0 Å². The van der Waals surface area contributed by atoms with E-state index in [9.17, 15) is 9.59 Å². The lowest BCUT2D eigenvalue weighted by atomic mass is 9.99. The van der Waals surface area contributed by atoms with E-state index in [0.717, 1.165) is 12.8 Å². The summed E-state index contributed by atoms with van der Waals surface area (Å²) in [5, 5.41) is 11.4. The first kappa shape index (κ1) is 18.9. The molecule has 4 rings (SSSR count). The average Bonchev–Trinajstić information content (AvgIpc) is 3.25. The van der Waals surface area contributed by atoms with Crippen molar-refractivity contribution < 1.29 is 9.59 Å². The van der Waals surface area contributed by atoms with Crippen molar-refractivity contribution in [1.29, 1.82) is 0 Å². The van der Waals surface area contributed by atoms with E-state index in [1.165, 1.54) is 24.2 Å². The highest BCUT2D eigenvalue weighted by molar-refractivity contribution is 7.12. The smallest absolute Gasteiger partial charge is 0.265 e. The highest BCUT2D eigenvalue weighted by Crippen LogP contribution is 2.27. The number of nitrogens with one attached hydrogen (secondary N) is 3. The zero-order chi connectivity index (χ0) is 17.2. The molecule has 7 heteroatoms. The van der Waals surface area contributed by atoms with E-state index in [4.69, 9.17) is 0 Å². The number of hydrogen-bond donors (Lipinski definition) is 3. The number of piperidine rings is 1. The van der Waals surface area contributed by atoms with Gasteiger partial charge in [0, 0.05) is 29.4 Å². The van der Waals surface area contributed by atoms with Crippen LogP contribution in [0.15, 0.2) is 41.8 Å². The number of carbonyl (C=O) groups is 2. The molecule has 2 aromatic rings. The van der Waals surface area contributed by atoms with Crippen LogP contribution in [0.5, 0.6) is 0 Å². The van der Waals surface area contributed by atoms with Crippen LogP contribution in [0, 0.1) is 0 Å². The van der Waals surface area contributed by atoms with Crippen LogP contribution in [-0.4, -0.2) is 29.9 Å². The molecule has 2 fully saturated rings. The van der Waals surface area contributed by atoms with Crippen LogP contribution >= 0.6 is 23.7 Å². The van der Waals surface area contributed by atoms with Crippen LogP contribution in [0.4, 0.5) is 5.69 Å². The van der Waals surface area contributed by atoms with Crippen LogP contribution < -0.4 is 16.0 Å². The molecule has 2 aliphatic heterocycles. The third kappa shape index (κ3) is 4.26. The van der Waals surface area contributed by atoms with Gasteiger partial charge in [0.25, 0.3) is 11.8 Å². The molecular formula is C19H22ClN3O2S. The Morgan fingerprint density at radius 3 is 2.50 bits per heavy atom. The Kier molecular flexibility index (Phi) is 5.96. The van der Waals surface area contributed by atoms with Crippen molar-refractivity contribution in [2.45, 2.75) is 43.8 Å². The minimum atomic E-state index is -0.150. The fourth-order valence-corrected chi connectivity index (χ4v) is 4.40. The van der Waals surface area contributed by atoms with E-state index < -0.39 is 0 Å². The van der Waals surface area contributed by atoms with Gasteiger partial charge in [0.2, 0.25) is 0 Å². The molecule has 26 heavy (non-hydrogen) atoms. The highest BCUT2D eigenvalue weighted by atomic mass is 35.5. The van der Waals surface area contributed by atoms with Gasteiger partial charge in [-0.3, -0.25) is 9.59 Å². The second kappa shape index (κ2) is 8.20. The van der Waals surface area contributed by atoms with Gasteiger partial charge in [-0.1, -0.05) is 12.1 Å². The molecule has 2 atom stereocenters. The molecule has 2 bridgehead atoms. The monoisotopic (exact) mass is 391 g/mol. The van der Waals surface area contributed by atoms with Crippen molar-refractivity contribution >= 4 is 41.2 Å². The molecule has 0 spiro atoms. The molecule has 5 nitrogen and oxygen atoms in total. The van der Waals surface area contributed by atoms with Gasteiger partial charge >= 0.3 is 0 Å². The molecule has 2 unspecified atom stereocenters. The number of halogens is 1. The van der Waals surface area contributed by atoms with Gasteiger partial charge in [-0.2, -0.15) is 0 Å². The van der Waals surface area contributed by atoms with Gasteiger partial charge < -0.3 is 16.0 Å². The Morgan fingerprint density at radius 1 is 1.04 bits per heavy atom. The minimum absolute atomic E-state index is 0. The SMILES string of the molecule is Cl.O=C(NC1CC2CCC(C1)N2)c1cccc(NC(=O)c2cccs2)c1. The molecule has 0 saturated carbocycles. The lowest BCUT2D eigenvalue weighted by molar-refractivity contribution is 0.0923. The molecule has 3 heterocycles. The van der Waals surface area contributed by atoms with Crippen LogP contribution in [-0.2, 0) is 0 Å². The lowest BCUT2D eigenvalue weighted by Gasteiger charge is -2.29. The summed E-state index contributed by atoms with van der Waals surface area (Å²) in [6.07, 6.45) is 4.41.